The van der Waals surface area contributed by atoms with Crippen LogP contribution in [0, 0.1) is 40.4 Å². The third kappa shape index (κ3) is 2.07. The van der Waals surface area contributed by atoms with Crippen LogP contribution in [-0.4, -0.2) is 16.5 Å². The zero-order valence-electron chi connectivity index (χ0n) is 14.1. The van der Waals surface area contributed by atoms with Gasteiger partial charge in [0, 0.05) is 18.3 Å². The molecule has 124 valence electrons. The second kappa shape index (κ2) is 5.18. The number of Topliss-reactive ketones (excluding diaryl/α,β-unsaturated/α-hetero) is 1. The number of nitriles is 1. The molecule has 23 heavy (non-hydrogen) atoms. The van der Waals surface area contributed by atoms with Crippen molar-refractivity contribution in [2.45, 2.75) is 70.3 Å². The van der Waals surface area contributed by atoms with E-state index in [9.17, 15) is 9.90 Å². The van der Waals surface area contributed by atoms with Gasteiger partial charge in [-0.05, 0) is 62.2 Å². The zero-order valence-corrected chi connectivity index (χ0v) is 14.1. The van der Waals surface area contributed by atoms with Gasteiger partial charge < -0.3 is 5.11 Å². The first-order valence-corrected chi connectivity index (χ1v) is 9.28. The standard InChI is InChI=1S/C20H27NO2/c1-19-8-6-16-15-5-3-14(22)12-13(15)2-4-17(16)18(19)7-9-20(19,23)10-11-21/h2,15-18,23H,3-10,12H2,1H3/t15-,16+,17+,18-,19-,20+/m0/s1. The summed E-state index contributed by atoms with van der Waals surface area (Å²) < 4.78 is 0. The lowest BCUT2D eigenvalue weighted by Crippen LogP contribution is -2.52. The van der Waals surface area contributed by atoms with Crippen LogP contribution in [-0.2, 0) is 4.79 Å². The van der Waals surface area contributed by atoms with Crippen LogP contribution in [0.15, 0.2) is 11.6 Å². The van der Waals surface area contributed by atoms with E-state index in [2.05, 4.69) is 19.1 Å². The molecule has 0 bridgehead atoms. The van der Waals surface area contributed by atoms with Crippen molar-refractivity contribution in [2.75, 3.05) is 0 Å². The molecule has 3 fully saturated rings. The molecule has 3 heteroatoms. The van der Waals surface area contributed by atoms with Crippen molar-refractivity contribution in [3.8, 4) is 6.07 Å². The lowest BCUT2D eigenvalue weighted by Gasteiger charge is -2.54. The molecule has 0 amide bonds. The Morgan fingerprint density at radius 1 is 1.30 bits per heavy atom. The highest BCUT2D eigenvalue weighted by Crippen LogP contribution is 2.64. The molecular formula is C20H27NO2. The normalized spacial score (nSPS) is 48.7. The molecule has 0 unspecified atom stereocenters. The van der Waals surface area contributed by atoms with Crippen LogP contribution in [0.25, 0.3) is 0 Å². The van der Waals surface area contributed by atoms with Crippen LogP contribution >= 0.6 is 0 Å². The molecule has 4 aliphatic rings. The third-order valence-electron chi connectivity index (χ3n) is 7.97. The van der Waals surface area contributed by atoms with E-state index >= 15 is 0 Å². The monoisotopic (exact) mass is 313 g/mol. The third-order valence-corrected chi connectivity index (χ3v) is 7.97. The number of hydrogen-bond acceptors (Lipinski definition) is 3. The SMILES string of the molecule is C[C@]12CC[C@H]3[C@@H](CC=C4CC(=O)CC[C@@H]43)[C@@H]1CC[C@@]2(O)CC#N. The Morgan fingerprint density at radius 3 is 2.91 bits per heavy atom. The largest absolute Gasteiger partial charge is 0.388 e. The van der Waals surface area contributed by atoms with E-state index in [1.807, 2.05) is 0 Å². The molecule has 3 nitrogen and oxygen atoms in total. The second-order valence-electron chi connectivity index (χ2n) is 8.67. The van der Waals surface area contributed by atoms with Gasteiger partial charge in [0.1, 0.15) is 5.78 Å². The molecule has 6 atom stereocenters. The number of aliphatic hydroxyl groups is 1. The van der Waals surface area contributed by atoms with E-state index in [1.165, 1.54) is 5.57 Å². The Balaban J connectivity index is 1.63. The first-order valence-electron chi connectivity index (χ1n) is 9.28. The molecular weight excluding hydrogens is 286 g/mol. The van der Waals surface area contributed by atoms with Gasteiger partial charge in [0.25, 0.3) is 0 Å². The fourth-order valence-electron chi connectivity index (χ4n) is 6.64. The van der Waals surface area contributed by atoms with Gasteiger partial charge in [-0.2, -0.15) is 5.26 Å². The van der Waals surface area contributed by atoms with E-state index in [0.717, 1.165) is 44.9 Å². The Bertz CT molecular complexity index is 603. The minimum Gasteiger partial charge on any atom is -0.388 e. The molecule has 0 aromatic rings. The van der Waals surface area contributed by atoms with Crippen molar-refractivity contribution < 1.29 is 9.90 Å². The number of allylic oxidation sites excluding steroid dienone is 2. The number of ketones is 1. The highest BCUT2D eigenvalue weighted by Gasteiger charge is 2.61. The summed E-state index contributed by atoms with van der Waals surface area (Å²) in [4.78, 5) is 11.8. The molecule has 3 saturated carbocycles. The number of carbonyl (C=O) groups excluding carboxylic acids is 1. The second-order valence-corrected chi connectivity index (χ2v) is 8.67. The predicted molar refractivity (Wildman–Crippen MR) is 87.3 cm³/mol. The van der Waals surface area contributed by atoms with Gasteiger partial charge in [0.2, 0.25) is 0 Å². The fourth-order valence-corrected chi connectivity index (χ4v) is 6.64. The average molecular weight is 313 g/mol. The van der Waals surface area contributed by atoms with Gasteiger partial charge in [-0.3, -0.25) is 4.79 Å². The molecule has 0 spiro atoms. The van der Waals surface area contributed by atoms with Crippen molar-refractivity contribution in [1.82, 2.24) is 0 Å². The van der Waals surface area contributed by atoms with Crippen molar-refractivity contribution in [3.63, 3.8) is 0 Å². The molecule has 4 rings (SSSR count). The topological polar surface area (TPSA) is 61.1 Å². The van der Waals surface area contributed by atoms with E-state index < -0.39 is 5.60 Å². The summed E-state index contributed by atoms with van der Waals surface area (Å²) in [6.45, 7) is 2.24. The van der Waals surface area contributed by atoms with Gasteiger partial charge in [-0.1, -0.05) is 18.6 Å². The molecule has 0 radical (unpaired) electrons. The van der Waals surface area contributed by atoms with E-state index in [-0.39, 0.29) is 11.8 Å². The summed E-state index contributed by atoms with van der Waals surface area (Å²) in [7, 11) is 0. The van der Waals surface area contributed by atoms with Crippen LogP contribution < -0.4 is 0 Å². The fraction of sp³-hybridized carbons (Fsp3) is 0.800. The molecule has 1 N–H and O–H groups in total. The number of nitrogens with zero attached hydrogens (tertiary/aromatic N) is 1. The van der Waals surface area contributed by atoms with Gasteiger partial charge in [-0.15, -0.1) is 0 Å². The Hall–Kier alpha value is -1.14. The molecule has 0 aromatic carbocycles. The van der Waals surface area contributed by atoms with Gasteiger partial charge in [0.15, 0.2) is 0 Å². The van der Waals surface area contributed by atoms with E-state index in [4.69, 9.17) is 5.26 Å². The summed E-state index contributed by atoms with van der Waals surface area (Å²) in [6, 6.07) is 2.23. The molecule has 4 aliphatic carbocycles. The Kier molecular flexibility index (Phi) is 3.47. The Labute approximate surface area is 138 Å². The van der Waals surface area contributed by atoms with E-state index in [0.29, 0.717) is 35.9 Å². The van der Waals surface area contributed by atoms with Crippen LogP contribution in [0.2, 0.25) is 0 Å². The van der Waals surface area contributed by atoms with Crippen LogP contribution in [0.3, 0.4) is 0 Å². The summed E-state index contributed by atoms with van der Waals surface area (Å²) in [5.74, 6) is 2.90. The lowest BCUT2D eigenvalue weighted by atomic mass is 9.51. The quantitative estimate of drug-likeness (QED) is 0.750. The predicted octanol–water partition coefficient (Wildman–Crippen LogP) is 3.77. The summed E-state index contributed by atoms with van der Waals surface area (Å²) in [5, 5.41) is 20.3. The number of rotatable bonds is 1. The van der Waals surface area contributed by atoms with Gasteiger partial charge in [0.05, 0.1) is 18.1 Å². The highest BCUT2D eigenvalue weighted by atomic mass is 16.3. The highest BCUT2D eigenvalue weighted by molar-refractivity contribution is 5.82. The first kappa shape index (κ1) is 15.4. The van der Waals surface area contributed by atoms with Gasteiger partial charge >= 0.3 is 0 Å². The van der Waals surface area contributed by atoms with Crippen molar-refractivity contribution >= 4 is 5.78 Å². The zero-order chi connectivity index (χ0) is 16.2. The van der Waals surface area contributed by atoms with E-state index in [1.54, 1.807) is 0 Å². The molecule has 0 heterocycles. The minimum atomic E-state index is -0.788. The van der Waals surface area contributed by atoms with Crippen molar-refractivity contribution in [2.24, 2.45) is 29.1 Å². The maximum absolute atomic E-state index is 11.8. The smallest absolute Gasteiger partial charge is 0.136 e. The first-order chi connectivity index (χ1) is 11.0. The average Bonchev–Trinajstić information content (AvgIpc) is 2.79. The minimum absolute atomic E-state index is 0.0975. The van der Waals surface area contributed by atoms with Crippen LogP contribution in [0.5, 0.6) is 0 Å². The summed E-state index contributed by atoms with van der Waals surface area (Å²) >= 11 is 0. The van der Waals surface area contributed by atoms with Crippen LogP contribution in [0.4, 0.5) is 0 Å². The summed E-state index contributed by atoms with van der Waals surface area (Å²) in [6.07, 6.45) is 10.2. The van der Waals surface area contributed by atoms with Crippen LogP contribution in [0.1, 0.15) is 64.7 Å². The summed E-state index contributed by atoms with van der Waals surface area (Å²) in [5.41, 5.74) is 0.528. The number of fused-ring (bicyclic) bond motifs is 5. The maximum Gasteiger partial charge on any atom is 0.136 e. The van der Waals surface area contributed by atoms with Crippen molar-refractivity contribution in [3.05, 3.63) is 11.6 Å². The molecule has 0 saturated heterocycles. The number of hydrogen-bond donors (Lipinski definition) is 1. The lowest BCUT2D eigenvalue weighted by molar-refractivity contribution is -0.122. The molecule has 0 aliphatic heterocycles. The number of carbonyl (C=O) groups is 1. The molecule has 0 aromatic heterocycles. The maximum atomic E-state index is 11.8. The van der Waals surface area contributed by atoms with Crippen molar-refractivity contribution in [1.29, 1.82) is 5.26 Å². The Morgan fingerprint density at radius 2 is 2.13 bits per heavy atom. The van der Waals surface area contributed by atoms with Gasteiger partial charge in [-0.25, -0.2) is 0 Å².